The maximum absolute atomic E-state index is 14.7. The Bertz CT molecular complexity index is 3910. The first-order valence-electron chi connectivity index (χ1n) is 51.6. The lowest BCUT2D eigenvalue weighted by Gasteiger charge is -2.53. The van der Waals surface area contributed by atoms with Gasteiger partial charge in [0.05, 0.1) is 108 Å². The van der Waals surface area contributed by atoms with Crippen LogP contribution >= 0.6 is 0 Å². The van der Waals surface area contributed by atoms with E-state index in [-0.39, 0.29) is 12.8 Å². The van der Waals surface area contributed by atoms with Gasteiger partial charge in [0.25, 0.3) is 17.4 Å². The summed E-state index contributed by atoms with van der Waals surface area (Å²) >= 11 is 0. The summed E-state index contributed by atoms with van der Waals surface area (Å²) in [4.78, 5) is 108. The van der Waals surface area contributed by atoms with Crippen molar-refractivity contribution in [2.24, 2.45) is 5.92 Å². The van der Waals surface area contributed by atoms with Gasteiger partial charge in [0.1, 0.15) is 146 Å². The van der Waals surface area contributed by atoms with Gasteiger partial charge in [-0.05, 0) is 45.4 Å². The number of aliphatic hydroxyl groups excluding tert-OH is 22. The summed E-state index contributed by atoms with van der Waals surface area (Å²) in [6.07, 6.45) is -48.8. The minimum atomic E-state index is -3.79. The number of carboxylic acid groups (broad SMARTS) is 3. The standard InChI is InChI=1S/C96H166N4O47/c1-7-9-11-13-15-17-19-21-22-24-26-28-30-32-34-36-66(118)100-54(55(112)35-33-31-29-27-25-23-20-18-16-14-12-10-8-2)48-134-88-76(125)75(124)80(64(46-106)137-88)140-90-78(127)86(147-96(93(132)133)40-58(115)69(99-52(6)111)84(145-96)74(123)63(45-105)142-94(91(128)129)38-56(113)67(97-50(4)109)82(143-94)70(119)59(116)41-101)81(65(47-107)138-90)141-87-53(37-49(3)108)79(72(121)61(43-103)135-87)139-89-77(126)85(73(122)62(44-104)136-89)146-95(92(130)131)39-57(114)68(98-51(5)110)83(144-95)71(120)60(117)42-102/h17,19,53-65,67-90,101-107,112-117,119-127H,7-16,18,20-48H2,1-6H3,(H,97,109)(H,98,110)(H,99,111)(H,100,118)(H,128,129)(H,130,131)(H,132,133). The van der Waals surface area contributed by atoms with Crippen LogP contribution in [-0.2, 0) is 105 Å². The molecular formula is C96H166N4O47. The molecule has 7 aliphatic heterocycles. The van der Waals surface area contributed by atoms with E-state index in [1.54, 1.807) is 0 Å². The lowest BCUT2D eigenvalue weighted by atomic mass is 9.86. The molecule has 29 N–H and O–H groups in total. The van der Waals surface area contributed by atoms with Crippen LogP contribution in [-0.4, -0.2) is 465 Å². The smallest absolute Gasteiger partial charge is 0.364 e. The Morgan fingerprint density at radius 1 is 0.381 bits per heavy atom. The molecular weight excluding hydrogens is 1960 g/mol. The molecule has 0 radical (unpaired) electrons. The number of hydrogen-bond donors (Lipinski definition) is 29. The minimum absolute atomic E-state index is 0.0639. The number of carbonyl (C=O) groups excluding carboxylic acids is 5. The number of amides is 4. The summed E-state index contributed by atoms with van der Waals surface area (Å²) in [5.41, 5.74) is 0. The number of carbonyl (C=O) groups is 8. The third-order valence-electron chi connectivity index (χ3n) is 27.9. The van der Waals surface area contributed by atoms with Crippen LogP contribution in [0.2, 0.25) is 0 Å². The van der Waals surface area contributed by atoms with E-state index in [9.17, 15) is 166 Å². The van der Waals surface area contributed by atoms with Gasteiger partial charge >= 0.3 is 17.9 Å². The fourth-order valence-corrected chi connectivity index (χ4v) is 19.7. The maximum atomic E-state index is 14.7. The van der Waals surface area contributed by atoms with Gasteiger partial charge in [-0.1, -0.05) is 161 Å². The van der Waals surface area contributed by atoms with Crippen molar-refractivity contribution in [3.05, 3.63) is 12.2 Å². The summed E-state index contributed by atoms with van der Waals surface area (Å²) in [6.45, 7) is -2.02. The van der Waals surface area contributed by atoms with Gasteiger partial charge in [-0.15, -0.1) is 0 Å². The molecule has 40 atom stereocenters. The van der Waals surface area contributed by atoms with E-state index in [1.807, 2.05) is 0 Å². The molecule has 4 amide bonds. The molecule has 51 heteroatoms. The monoisotopic (exact) mass is 2130 g/mol. The lowest BCUT2D eigenvalue weighted by molar-refractivity contribution is -0.409. The second-order valence-electron chi connectivity index (χ2n) is 39.5. The zero-order valence-corrected chi connectivity index (χ0v) is 84.5. The van der Waals surface area contributed by atoms with Gasteiger partial charge in [0.15, 0.2) is 25.2 Å². The van der Waals surface area contributed by atoms with E-state index >= 15 is 0 Å². The topological polar surface area (TPSA) is 820 Å². The molecule has 0 bridgehead atoms. The maximum Gasteiger partial charge on any atom is 0.364 e. The van der Waals surface area contributed by atoms with Crippen LogP contribution in [0.1, 0.15) is 247 Å². The highest BCUT2D eigenvalue weighted by molar-refractivity contribution is 5.79. The summed E-state index contributed by atoms with van der Waals surface area (Å²) < 4.78 is 85.0. The Labute approximate surface area is 853 Å². The molecule has 40 unspecified atom stereocenters. The van der Waals surface area contributed by atoms with Gasteiger partial charge in [-0.25, -0.2) is 14.4 Å². The van der Waals surface area contributed by atoms with Crippen LogP contribution < -0.4 is 21.3 Å². The summed E-state index contributed by atoms with van der Waals surface area (Å²) in [5.74, 6) is -23.8. The Kier molecular flexibility index (Phi) is 55.2. The van der Waals surface area contributed by atoms with Crippen molar-refractivity contribution < 1.29 is 232 Å². The molecule has 7 heterocycles. The highest BCUT2D eigenvalue weighted by Gasteiger charge is 2.66. The van der Waals surface area contributed by atoms with E-state index in [0.717, 1.165) is 118 Å². The van der Waals surface area contributed by atoms with Crippen molar-refractivity contribution >= 4 is 47.3 Å². The molecule has 7 fully saturated rings. The second-order valence-corrected chi connectivity index (χ2v) is 39.5. The largest absolute Gasteiger partial charge is 0.477 e. The van der Waals surface area contributed by atoms with Gasteiger partial charge < -0.3 is 220 Å². The average molecular weight is 2130 g/mol. The quantitative estimate of drug-likeness (QED) is 0.0199. The molecule has 147 heavy (non-hydrogen) atoms. The van der Waals surface area contributed by atoms with Gasteiger partial charge in [0.2, 0.25) is 23.6 Å². The number of rotatable bonds is 67. The fraction of sp³-hybridized carbons (Fsp3) is 0.896. The summed E-state index contributed by atoms with van der Waals surface area (Å²) in [6, 6.07) is -6.99. The van der Waals surface area contributed by atoms with E-state index in [4.69, 9.17) is 66.3 Å². The van der Waals surface area contributed by atoms with E-state index in [1.165, 1.54) is 64.2 Å². The highest BCUT2D eigenvalue weighted by Crippen LogP contribution is 2.46. The summed E-state index contributed by atoms with van der Waals surface area (Å²) in [7, 11) is 0. The van der Waals surface area contributed by atoms with E-state index in [0.29, 0.717) is 12.8 Å². The number of nitrogens with one attached hydrogen (secondary N) is 4. The molecule has 0 aromatic heterocycles. The van der Waals surface area contributed by atoms with Gasteiger partial charge in [0, 0.05) is 58.8 Å². The Hall–Kier alpha value is -5.74. The number of aliphatic carboxylic acids is 3. The molecule has 0 aromatic carbocycles. The number of ether oxygens (including phenoxy) is 14. The van der Waals surface area contributed by atoms with Crippen LogP contribution in [0.15, 0.2) is 12.2 Å². The summed E-state index contributed by atoms with van der Waals surface area (Å²) in [5, 5.41) is 296. The molecule has 51 nitrogen and oxygen atoms in total. The Morgan fingerprint density at radius 2 is 0.748 bits per heavy atom. The number of allylic oxidation sites excluding steroid dienone is 2. The number of hydrogen-bond acceptors (Lipinski definition) is 44. The number of Topliss-reactive ketones (excluding diaryl/α,β-unsaturated/α-hetero) is 1. The predicted molar refractivity (Wildman–Crippen MR) is 502 cm³/mol. The van der Waals surface area contributed by atoms with Crippen molar-refractivity contribution in [2.45, 2.75) is 485 Å². The molecule has 0 aromatic rings. The SMILES string of the molecule is CCCCCCC=CCCCCCCCCCC(=O)NC(COC1OC(CO)C(OC2OC(CO)C(OC3OC(CO)C(O)C(OC4OC(CO)C(O)C(OC5(C(=O)O)CC(O)C(NC(C)=O)C(C(O)C(O)CO)O5)C4O)C3CC(C)=O)C(OC3(C(=O)O)CC(O)C(NC(C)=O)C(C(O)C(CO)OC4(C(=O)O)CC(O)C(NC(C)=O)C(C(O)C(O)CO)O4)O3)C2O)C(O)C1O)C(O)CCCCCCCCCCCCCCC. The molecule has 7 rings (SSSR count). The zero-order valence-electron chi connectivity index (χ0n) is 84.5. The van der Waals surface area contributed by atoms with Gasteiger partial charge in [-0.2, -0.15) is 0 Å². The average Bonchev–Trinajstić information content (AvgIpc) is 0.736. The minimum Gasteiger partial charge on any atom is -0.477 e. The zero-order chi connectivity index (χ0) is 109. The first kappa shape index (κ1) is 128. The highest BCUT2D eigenvalue weighted by atomic mass is 16.8. The fourth-order valence-electron chi connectivity index (χ4n) is 19.7. The number of carboxylic acids is 3. The number of ketones is 1. The molecule has 0 spiro atoms. The van der Waals surface area contributed by atoms with Crippen molar-refractivity contribution in [1.82, 2.24) is 21.3 Å². The Morgan fingerprint density at radius 3 is 1.18 bits per heavy atom. The number of aliphatic hydroxyl groups is 22. The van der Waals surface area contributed by atoms with E-state index in [2.05, 4.69) is 47.3 Å². The third-order valence-corrected chi connectivity index (χ3v) is 27.9. The van der Waals surface area contributed by atoms with Crippen LogP contribution in [0.5, 0.6) is 0 Å². The molecule has 852 valence electrons. The Balaban J connectivity index is 1.26. The van der Waals surface area contributed by atoms with Crippen molar-refractivity contribution in [3.8, 4) is 0 Å². The normalized spacial score (nSPS) is 35.5. The van der Waals surface area contributed by atoms with Crippen LogP contribution in [0, 0.1) is 5.92 Å². The second kappa shape index (κ2) is 63.3. The first-order chi connectivity index (χ1) is 69.9. The van der Waals surface area contributed by atoms with Crippen molar-refractivity contribution in [1.29, 1.82) is 0 Å². The van der Waals surface area contributed by atoms with Gasteiger partial charge in [-0.3, -0.25) is 19.2 Å². The predicted octanol–water partition coefficient (Wildman–Crippen LogP) is -5.60. The van der Waals surface area contributed by atoms with Crippen molar-refractivity contribution in [3.63, 3.8) is 0 Å². The lowest BCUT2D eigenvalue weighted by Crippen LogP contribution is -2.72. The molecule has 7 aliphatic rings. The third kappa shape index (κ3) is 36.2. The van der Waals surface area contributed by atoms with Crippen molar-refractivity contribution in [2.75, 3.05) is 52.9 Å². The van der Waals surface area contributed by atoms with Crippen LogP contribution in [0.4, 0.5) is 0 Å². The molecule has 0 aliphatic carbocycles. The van der Waals surface area contributed by atoms with Crippen LogP contribution in [0.25, 0.3) is 0 Å². The molecule has 7 saturated heterocycles. The number of unbranched alkanes of at least 4 members (excludes halogenated alkanes) is 23. The van der Waals surface area contributed by atoms with E-state index < -0.39 is 369 Å². The first-order valence-corrected chi connectivity index (χ1v) is 51.6. The molecule has 0 saturated carbocycles. The van der Waals surface area contributed by atoms with Crippen LogP contribution in [0.3, 0.4) is 0 Å².